The quantitative estimate of drug-likeness (QED) is 0.857. The Morgan fingerprint density at radius 2 is 1.88 bits per heavy atom. The Bertz CT molecular complexity index is 656. The van der Waals surface area contributed by atoms with Gasteiger partial charge in [-0.05, 0) is 12.3 Å². The van der Waals surface area contributed by atoms with E-state index in [1.807, 2.05) is 0 Å². The molecule has 3 rings (SSSR count). The van der Waals surface area contributed by atoms with E-state index < -0.39 is 17.2 Å². The number of nitrogens with zero attached hydrogens (tertiary/aromatic N) is 1. The average molecular weight is 351 g/mol. The van der Waals surface area contributed by atoms with Crippen LogP contribution < -0.4 is 10.1 Å². The van der Waals surface area contributed by atoms with Crippen molar-refractivity contribution in [1.82, 2.24) is 10.2 Å². The number of halogens is 2. The Balaban J connectivity index is 1.78. The van der Waals surface area contributed by atoms with Crippen molar-refractivity contribution in [2.45, 2.75) is 44.1 Å². The number of hydrogen-bond acceptors (Lipinski definition) is 3. The van der Waals surface area contributed by atoms with Crippen molar-refractivity contribution in [3.05, 3.63) is 29.8 Å². The molecule has 0 spiro atoms. The van der Waals surface area contributed by atoms with E-state index in [1.54, 1.807) is 7.05 Å². The van der Waals surface area contributed by atoms with Gasteiger partial charge in [0.15, 0.2) is 11.5 Å². The highest BCUT2D eigenvalue weighted by Crippen LogP contribution is 2.34. The zero-order chi connectivity index (χ0) is 18.0. The molecule has 1 aliphatic heterocycles. The van der Waals surface area contributed by atoms with Gasteiger partial charge in [0.2, 0.25) is 0 Å². The third kappa shape index (κ3) is 3.75. The van der Waals surface area contributed by atoms with E-state index in [-0.39, 0.29) is 24.2 Å². The molecule has 2 fully saturated rings. The van der Waals surface area contributed by atoms with E-state index in [0.717, 1.165) is 43.9 Å². The van der Waals surface area contributed by atoms with Gasteiger partial charge in [0.1, 0.15) is 24.0 Å². The van der Waals surface area contributed by atoms with Crippen molar-refractivity contribution in [2.24, 2.45) is 5.92 Å². The number of guanidine groups is 1. The van der Waals surface area contributed by atoms with Gasteiger partial charge < -0.3 is 10.1 Å². The normalized spacial score (nSPS) is 24.5. The van der Waals surface area contributed by atoms with Crippen LogP contribution in [-0.4, -0.2) is 36.0 Å². The molecule has 2 aliphatic rings. The minimum Gasteiger partial charge on any atom is -0.490 e. The number of nitrogens with one attached hydrogen (secondary N) is 2. The number of rotatable bonds is 5. The van der Waals surface area contributed by atoms with Crippen molar-refractivity contribution < 1.29 is 18.3 Å². The topological polar surface area (TPSA) is 65.4 Å². The molecule has 1 aliphatic carbocycles. The maximum atomic E-state index is 13.4. The third-order valence-electron chi connectivity index (χ3n) is 5.09. The molecule has 1 unspecified atom stereocenters. The Labute approximate surface area is 145 Å². The van der Waals surface area contributed by atoms with E-state index in [9.17, 15) is 13.6 Å². The van der Waals surface area contributed by atoms with Gasteiger partial charge in [-0.25, -0.2) is 8.78 Å². The van der Waals surface area contributed by atoms with Crippen molar-refractivity contribution in [1.29, 1.82) is 5.41 Å². The number of likely N-dealkylation sites (N-methyl/N-ethyl adjacent to an activating group) is 1. The fraction of sp³-hybridized carbons (Fsp3) is 0.556. The molecule has 0 aromatic heterocycles. The van der Waals surface area contributed by atoms with Crippen LogP contribution in [0.2, 0.25) is 0 Å². The first-order valence-electron chi connectivity index (χ1n) is 8.63. The number of amides is 1. The van der Waals surface area contributed by atoms with Crippen molar-refractivity contribution in [2.75, 3.05) is 13.7 Å². The van der Waals surface area contributed by atoms with Crippen LogP contribution in [0.25, 0.3) is 0 Å². The van der Waals surface area contributed by atoms with Gasteiger partial charge >= 0.3 is 0 Å². The molecule has 25 heavy (non-hydrogen) atoms. The lowest BCUT2D eigenvalue weighted by molar-refractivity contribution is -0.132. The van der Waals surface area contributed by atoms with Crippen LogP contribution >= 0.6 is 0 Å². The Morgan fingerprint density at radius 3 is 2.44 bits per heavy atom. The Morgan fingerprint density at radius 1 is 1.24 bits per heavy atom. The van der Waals surface area contributed by atoms with Crippen molar-refractivity contribution in [3.8, 4) is 5.75 Å². The maximum Gasteiger partial charge on any atom is 0.258 e. The van der Waals surface area contributed by atoms with E-state index >= 15 is 0 Å². The van der Waals surface area contributed by atoms with Gasteiger partial charge in [0.05, 0.1) is 0 Å². The molecule has 5 nitrogen and oxygen atoms in total. The summed E-state index contributed by atoms with van der Waals surface area (Å²) in [5.41, 5.74) is -1.06. The van der Waals surface area contributed by atoms with Gasteiger partial charge in [0, 0.05) is 25.2 Å². The second-order valence-corrected chi connectivity index (χ2v) is 7.02. The summed E-state index contributed by atoms with van der Waals surface area (Å²) < 4.78 is 32.3. The van der Waals surface area contributed by atoms with Gasteiger partial charge in [-0.15, -0.1) is 0 Å². The summed E-state index contributed by atoms with van der Waals surface area (Å²) in [4.78, 5) is 14.0. The van der Waals surface area contributed by atoms with E-state index in [4.69, 9.17) is 10.1 Å². The molecule has 1 aromatic rings. The lowest BCUT2D eigenvalue weighted by Gasteiger charge is -2.32. The fourth-order valence-electron chi connectivity index (χ4n) is 3.78. The lowest BCUT2D eigenvalue weighted by Crippen LogP contribution is -2.53. The first-order valence-corrected chi connectivity index (χ1v) is 8.63. The molecule has 1 saturated heterocycles. The lowest BCUT2D eigenvalue weighted by atomic mass is 9.79. The molecule has 1 amide bonds. The second kappa shape index (κ2) is 6.98. The van der Waals surface area contributed by atoms with Crippen LogP contribution in [0.15, 0.2) is 18.2 Å². The SMILES string of the molecule is CN1C(=N)NC(COc2cc(F)cc(F)c2)(CC2CCCCC2)C1=O. The standard InChI is InChI=1S/C18H23F2N3O2/c1-23-16(24)18(22-17(23)21,10-12-5-3-2-4-6-12)11-25-15-8-13(19)7-14(20)9-15/h7-9,12H,2-6,10-11H2,1H3,(H2,21,22). The third-order valence-corrected chi connectivity index (χ3v) is 5.09. The summed E-state index contributed by atoms with van der Waals surface area (Å²) in [7, 11) is 1.54. The fourth-order valence-corrected chi connectivity index (χ4v) is 3.78. The average Bonchev–Trinajstić information content (AvgIpc) is 2.78. The van der Waals surface area contributed by atoms with Gasteiger partial charge in [-0.3, -0.25) is 15.1 Å². The highest BCUT2D eigenvalue weighted by Gasteiger charge is 2.50. The van der Waals surface area contributed by atoms with Crippen LogP contribution in [0.4, 0.5) is 8.78 Å². The van der Waals surface area contributed by atoms with E-state index in [2.05, 4.69) is 5.32 Å². The van der Waals surface area contributed by atoms with E-state index in [1.165, 1.54) is 11.3 Å². The molecule has 1 aromatic carbocycles. The first kappa shape index (κ1) is 17.6. The van der Waals surface area contributed by atoms with Crippen molar-refractivity contribution >= 4 is 11.9 Å². The number of ether oxygens (including phenoxy) is 1. The number of hydrogen-bond donors (Lipinski definition) is 2. The van der Waals surface area contributed by atoms with Crippen LogP contribution in [0.1, 0.15) is 38.5 Å². The van der Waals surface area contributed by atoms with Crippen LogP contribution in [0.5, 0.6) is 5.75 Å². The monoisotopic (exact) mass is 351 g/mol. The summed E-state index contributed by atoms with van der Waals surface area (Å²) in [6, 6.07) is 2.95. The number of carbonyl (C=O) groups excluding carboxylic acids is 1. The minimum atomic E-state index is -1.06. The largest absolute Gasteiger partial charge is 0.490 e. The summed E-state index contributed by atoms with van der Waals surface area (Å²) in [6.07, 6.45) is 6.12. The molecule has 1 atom stereocenters. The molecule has 1 saturated carbocycles. The van der Waals surface area contributed by atoms with Gasteiger partial charge in [-0.1, -0.05) is 32.1 Å². The molecule has 2 N–H and O–H groups in total. The van der Waals surface area contributed by atoms with Crippen LogP contribution in [0, 0.1) is 23.0 Å². The molecule has 1 heterocycles. The molecule has 0 bridgehead atoms. The molecule has 7 heteroatoms. The Hall–Kier alpha value is -2.18. The highest BCUT2D eigenvalue weighted by atomic mass is 19.1. The molecule has 0 radical (unpaired) electrons. The van der Waals surface area contributed by atoms with Gasteiger partial charge in [0.25, 0.3) is 5.91 Å². The highest BCUT2D eigenvalue weighted by molar-refractivity contribution is 6.07. The summed E-state index contributed by atoms with van der Waals surface area (Å²) in [5.74, 6) is -1.26. The molecular formula is C18H23F2N3O2. The Kier molecular flexibility index (Phi) is 4.92. The van der Waals surface area contributed by atoms with Crippen LogP contribution in [0.3, 0.4) is 0 Å². The zero-order valence-electron chi connectivity index (χ0n) is 14.3. The van der Waals surface area contributed by atoms with E-state index in [0.29, 0.717) is 12.3 Å². The smallest absolute Gasteiger partial charge is 0.258 e. The maximum absolute atomic E-state index is 13.4. The van der Waals surface area contributed by atoms with Gasteiger partial charge in [-0.2, -0.15) is 0 Å². The number of benzene rings is 1. The van der Waals surface area contributed by atoms with Crippen molar-refractivity contribution in [3.63, 3.8) is 0 Å². The van der Waals surface area contributed by atoms with Crippen LogP contribution in [-0.2, 0) is 4.79 Å². The predicted molar refractivity (Wildman–Crippen MR) is 89.4 cm³/mol. The zero-order valence-corrected chi connectivity index (χ0v) is 14.3. The molecule has 136 valence electrons. The summed E-state index contributed by atoms with van der Waals surface area (Å²) in [6.45, 7) is -0.0715. The minimum absolute atomic E-state index is 0.0230. The first-order chi connectivity index (χ1) is 11.9. The predicted octanol–water partition coefficient (Wildman–Crippen LogP) is 3.05. The number of carbonyl (C=O) groups is 1. The summed E-state index contributed by atoms with van der Waals surface area (Å²) in [5, 5.41) is 10.9. The molecular weight excluding hydrogens is 328 g/mol. The second-order valence-electron chi connectivity index (χ2n) is 7.02. The summed E-state index contributed by atoms with van der Waals surface area (Å²) >= 11 is 0.